The van der Waals surface area contributed by atoms with Gasteiger partial charge < -0.3 is 15.4 Å². The van der Waals surface area contributed by atoms with Crippen molar-refractivity contribution in [1.82, 2.24) is 25.6 Å². The Hall–Kier alpha value is -3.68. The highest BCUT2D eigenvalue weighted by Gasteiger charge is 2.15. The highest BCUT2D eigenvalue weighted by atomic mass is 16.5. The van der Waals surface area contributed by atoms with Crippen molar-refractivity contribution in [3.8, 4) is 22.7 Å². The largest absolute Gasteiger partial charge is 0.494 e. The molecule has 0 saturated carbocycles. The zero-order valence-electron chi connectivity index (χ0n) is 16.1. The average molecular weight is 387 g/mol. The Morgan fingerprint density at radius 1 is 0.862 bits per heavy atom. The predicted molar refractivity (Wildman–Crippen MR) is 112 cm³/mol. The number of amidine groups is 2. The van der Waals surface area contributed by atoms with Crippen LogP contribution in [0.3, 0.4) is 0 Å². The Morgan fingerprint density at radius 3 is 2.17 bits per heavy atom. The zero-order chi connectivity index (χ0) is 19.6. The maximum atomic E-state index is 5.60. The van der Waals surface area contributed by atoms with Crippen molar-refractivity contribution in [2.45, 2.75) is 0 Å². The van der Waals surface area contributed by atoms with Gasteiger partial charge in [0.1, 0.15) is 28.8 Å². The van der Waals surface area contributed by atoms with Gasteiger partial charge in [0.15, 0.2) is 0 Å². The van der Waals surface area contributed by atoms with Crippen LogP contribution < -0.4 is 15.4 Å². The van der Waals surface area contributed by atoms with Crippen LogP contribution >= 0.6 is 0 Å². The molecule has 0 unspecified atom stereocenters. The Kier molecular flexibility index (Phi) is 4.44. The highest BCUT2D eigenvalue weighted by molar-refractivity contribution is 6.00. The van der Waals surface area contributed by atoms with Gasteiger partial charge in [0, 0.05) is 29.8 Å². The van der Waals surface area contributed by atoms with Gasteiger partial charge in [-0.2, -0.15) is 0 Å². The monoisotopic (exact) mass is 387 g/mol. The molecule has 0 saturated heterocycles. The molecule has 0 fully saturated rings. The van der Waals surface area contributed by atoms with Crippen molar-refractivity contribution < 1.29 is 4.74 Å². The number of rotatable bonds is 5. The molecule has 3 heterocycles. The fraction of sp³-hybridized carbons (Fsp3) is 0.238. The first-order valence-electron chi connectivity index (χ1n) is 9.60. The normalized spacial score (nSPS) is 15.5. The molecule has 29 heavy (non-hydrogen) atoms. The van der Waals surface area contributed by atoms with E-state index in [-0.39, 0.29) is 0 Å². The van der Waals surface area contributed by atoms with E-state index in [0.29, 0.717) is 0 Å². The molecule has 8 heteroatoms. The molecule has 2 aliphatic rings. The van der Waals surface area contributed by atoms with E-state index in [1.807, 2.05) is 36.5 Å². The van der Waals surface area contributed by atoms with Gasteiger partial charge in [0.2, 0.25) is 0 Å². The van der Waals surface area contributed by atoms with Crippen molar-refractivity contribution in [1.29, 1.82) is 0 Å². The minimum Gasteiger partial charge on any atom is -0.494 e. The molecular formula is C21H21N7O. The van der Waals surface area contributed by atoms with Gasteiger partial charge in [-0.3, -0.25) is 9.98 Å². The van der Waals surface area contributed by atoms with E-state index >= 15 is 0 Å². The molecule has 0 amide bonds. The lowest BCUT2D eigenvalue weighted by molar-refractivity contribution is 0.411. The van der Waals surface area contributed by atoms with Crippen LogP contribution in [0.5, 0.6) is 5.75 Å². The molecule has 0 spiro atoms. The summed E-state index contributed by atoms with van der Waals surface area (Å²) in [6, 6.07) is 14.1. The first kappa shape index (κ1) is 17.4. The number of nitrogens with zero attached hydrogens (tertiary/aromatic N) is 5. The van der Waals surface area contributed by atoms with E-state index < -0.39 is 0 Å². The maximum absolute atomic E-state index is 5.60. The predicted octanol–water partition coefficient (Wildman–Crippen LogP) is 1.64. The SMILES string of the molecule is COc1cc(C2=NCCN2)ccc1-n1cc(-c2ccc(C3=NCCN3)cc2)nn1. The lowest BCUT2D eigenvalue weighted by atomic mass is 10.1. The van der Waals surface area contributed by atoms with Gasteiger partial charge in [-0.1, -0.05) is 29.5 Å². The third kappa shape index (κ3) is 3.33. The van der Waals surface area contributed by atoms with E-state index in [0.717, 1.165) is 71.7 Å². The van der Waals surface area contributed by atoms with Crippen molar-refractivity contribution in [2.75, 3.05) is 33.3 Å². The first-order valence-corrected chi connectivity index (χ1v) is 9.60. The molecule has 2 N–H and O–H groups in total. The van der Waals surface area contributed by atoms with Crippen LogP contribution in [0.15, 0.2) is 58.6 Å². The van der Waals surface area contributed by atoms with E-state index in [4.69, 9.17) is 4.74 Å². The maximum Gasteiger partial charge on any atom is 0.145 e. The van der Waals surface area contributed by atoms with Crippen LogP contribution in [0.1, 0.15) is 11.1 Å². The molecule has 1 aromatic heterocycles. The summed E-state index contributed by atoms with van der Waals surface area (Å²) in [7, 11) is 1.66. The summed E-state index contributed by atoms with van der Waals surface area (Å²) in [6.45, 7) is 3.40. The number of hydrogen-bond donors (Lipinski definition) is 2. The third-order valence-electron chi connectivity index (χ3n) is 5.00. The molecule has 3 aromatic rings. The standard InChI is InChI=1S/C21H21N7O/c1-29-19-12-16(21-24-10-11-25-21)6-7-18(19)28-13-17(26-27-28)14-2-4-15(5-3-14)20-22-8-9-23-20/h2-7,12-13H,8-11H2,1H3,(H,22,23)(H,24,25). The van der Waals surface area contributed by atoms with Crippen LogP contribution in [0.4, 0.5) is 0 Å². The molecule has 0 bridgehead atoms. The number of hydrogen-bond acceptors (Lipinski definition) is 7. The second-order valence-corrected chi connectivity index (χ2v) is 6.83. The van der Waals surface area contributed by atoms with Crippen LogP contribution in [-0.4, -0.2) is 60.0 Å². The van der Waals surface area contributed by atoms with Gasteiger partial charge in [0.25, 0.3) is 0 Å². The lowest BCUT2D eigenvalue weighted by Gasteiger charge is -2.10. The second kappa shape index (κ2) is 7.38. The Bertz CT molecular complexity index is 1100. The molecule has 2 aromatic carbocycles. The van der Waals surface area contributed by atoms with Crippen LogP contribution in [-0.2, 0) is 0 Å². The highest BCUT2D eigenvalue weighted by Crippen LogP contribution is 2.26. The molecular weight excluding hydrogens is 366 g/mol. The summed E-state index contributed by atoms with van der Waals surface area (Å²) >= 11 is 0. The number of nitrogens with one attached hydrogen (secondary N) is 2. The number of aromatic nitrogens is 3. The van der Waals surface area contributed by atoms with Crippen molar-refractivity contribution >= 4 is 11.7 Å². The van der Waals surface area contributed by atoms with Gasteiger partial charge in [0.05, 0.1) is 26.4 Å². The summed E-state index contributed by atoms with van der Waals surface area (Å²) in [4.78, 5) is 8.92. The minimum absolute atomic E-state index is 0.719. The van der Waals surface area contributed by atoms with E-state index in [2.05, 4.69) is 43.1 Å². The number of aliphatic imine (C=N–C) groups is 2. The summed E-state index contributed by atoms with van der Waals surface area (Å²) in [5.41, 5.74) is 4.71. The average Bonchev–Trinajstić information content (AvgIpc) is 3.56. The fourth-order valence-electron chi connectivity index (χ4n) is 3.51. The summed E-state index contributed by atoms with van der Waals surface area (Å²) in [6.07, 6.45) is 1.91. The fourth-order valence-corrected chi connectivity index (χ4v) is 3.51. The molecule has 5 rings (SSSR count). The molecule has 2 aliphatic heterocycles. The van der Waals surface area contributed by atoms with E-state index in [9.17, 15) is 0 Å². The number of ether oxygens (including phenoxy) is 1. The van der Waals surface area contributed by atoms with Crippen molar-refractivity contribution in [3.63, 3.8) is 0 Å². The molecule has 0 radical (unpaired) electrons. The van der Waals surface area contributed by atoms with Crippen LogP contribution in [0, 0.1) is 0 Å². The number of methoxy groups -OCH3 is 1. The molecule has 0 aliphatic carbocycles. The van der Waals surface area contributed by atoms with Crippen molar-refractivity contribution in [2.24, 2.45) is 9.98 Å². The third-order valence-corrected chi connectivity index (χ3v) is 5.00. The quantitative estimate of drug-likeness (QED) is 0.695. The van der Waals surface area contributed by atoms with Gasteiger partial charge in [-0.25, -0.2) is 4.68 Å². The lowest BCUT2D eigenvalue weighted by Crippen LogP contribution is -2.19. The Balaban J connectivity index is 1.42. The Morgan fingerprint density at radius 2 is 1.52 bits per heavy atom. The zero-order valence-corrected chi connectivity index (χ0v) is 16.1. The number of benzene rings is 2. The first-order chi connectivity index (χ1) is 14.3. The summed E-state index contributed by atoms with van der Waals surface area (Å²) < 4.78 is 7.33. The topological polar surface area (TPSA) is 88.7 Å². The smallest absolute Gasteiger partial charge is 0.145 e. The van der Waals surface area contributed by atoms with Crippen LogP contribution in [0.2, 0.25) is 0 Å². The van der Waals surface area contributed by atoms with Gasteiger partial charge in [-0.15, -0.1) is 5.10 Å². The second-order valence-electron chi connectivity index (χ2n) is 6.83. The molecule has 0 atom stereocenters. The molecule has 8 nitrogen and oxygen atoms in total. The van der Waals surface area contributed by atoms with E-state index in [1.165, 1.54) is 0 Å². The van der Waals surface area contributed by atoms with Crippen molar-refractivity contribution in [3.05, 3.63) is 59.8 Å². The van der Waals surface area contributed by atoms with Gasteiger partial charge in [-0.05, 0) is 18.2 Å². The molecule has 146 valence electrons. The van der Waals surface area contributed by atoms with Crippen LogP contribution in [0.25, 0.3) is 16.9 Å². The Labute approximate surface area is 168 Å². The van der Waals surface area contributed by atoms with E-state index in [1.54, 1.807) is 11.8 Å². The van der Waals surface area contributed by atoms with Gasteiger partial charge >= 0.3 is 0 Å². The summed E-state index contributed by atoms with van der Waals surface area (Å²) in [5, 5.41) is 15.2. The summed E-state index contributed by atoms with van der Waals surface area (Å²) in [5.74, 6) is 2.57. The minimum atomic E-state index is 0.719.